The molecule has 2 unspecified atom stereocenters. The fourth-order valence-electron chi connectivity index (χ4n) is 7.21. The fourth-order valence-corrected chi connectivity index (χ4v) is 7.21. The Bertz CT molecular complexity index is 1150. The first-order chi connectivity index (χ1) is 19.1. The smallest absolute Gasteiger partial charge is 0.408 e. The quantitative estimate of drug-likeness (QED) is 0.502. The molecule has 2 amide bonds. The summed E-state index contributed by atoms with van der Waals surface area (Å²) in [5.74, 6) is 0.214. The number of piperazine rings is 1. The SMILES string of the molecule is C=C([C@H](CN1CC2C[C@H]1C(=O)N2[C@H](c1ccc(F)cc1)C1CCCC1)NC(=O)OC(C)(C)C)N1CCCC1C#N. The molecule has 1 aliphatic carbocycles. The first-order valence-electron chi connectivity index (χ1n) is 14.7. The molecule has 4 fully saturated rings. The molecule has 1 saturated carbocycles. The summed E-state index contributed by atoms with van der Waals surface area (Å²) in [6, 6.07) is 7.98. The molecule has 0 spiro atoms. The van der Waals surface area contributed by atoms with Crippen molar-refractivity contribution in [3.63, 3.8) is 0 Å². The van der Waals surface area contributed by atoms with Gasteiger partial charge < -0.3 is 19.9 Å². The van der Waals surface area contributed by atoms with Crippen LogP contribution < -0.4 is 5.32 Å². The molecule has 9 heteroatoms. The zero-order valence-electron chi connectivity index (χ0n) is 23.9. The minimum absolute atomic E-state index is 0.0422. The zero-order chi connectivity index (χ0) is 28.6. The van der Waals surface area contributed by atoms with Gasteiger partial charge in [0.2, 0.25) is 5.91 Å². The number of amides is 2. The van der Waals surface area contributed by atoms with Gasteiger partial charge in [-0.3, -0.25) is 9.69 Å². The topological polar surface area (TPSA) is 88.9 Å². The molecule has 1 aromatic rings. The van der Waals surface area contributed by atoms with Gasteiger partial charge in [-0.2, -0.15) is 5.26 Å². The van der Waals surface area contributed by atoms with Crippen molar-refractivity contribution in [2.75, 3.05) is 19.6 Å². The van der Waals surface area contributed by atoms with Gasteiger partial charge >= 0.3 is 6.09 Å². The van der Waals surface area contributed by atoms with Crippen LogP contribution in [0.25, 0.3) is 0 Å². The molecule has 4 aliphatic rings. The monoisotopic (exact) mass is 551 g/mol. The van der Waals surface area contributed by atoms with Crippen molar-refractivity contribution >= 4 is 12.0 Å². The maximum atomic E-state index is 14.0. The van der Waals surface area contributed by atoms with Crippen molar-refractivity contribution in [3.05, 3.63) is 47.9 Å². The molecular weight excluding hydrogens is 509 g/mol. The number of likely N-dealkylation sites (tertiary alicyclic amines) is 3. The van der Waals surface area contributed by atoms with Crippen molar-refractivity contribution < 1.29 is 18.7 Å². The van der Waals surface area contributed by atoms with E-state index in [0.717, 1.165) is 50.5 Å². The van der Waals surface area contributed by atoms with Crippen LogP contribution in [0, 0.1) is 23.1 Å². The molecular formula is C31H42FN5O3. The van der Waals surface area contributed by atoms with E-state index < -0.39 is 17.7 Å². The molecule has 0 radical (unpaired) electrons. The first-order valence-corrected chi connectivity index (χ1v) is 14.7. The number of ether oxygens (including phenoxy) is 1. The number of alkyl carbamates (subject to hydrolysis) is 1. The van der Waals surface area contributed by atoms with Crippen LogP contribution in [0.4, 0.5) is 9.18 Å². The van der Waals surface area contributed by atoms with Gasteiger partial charge in [0.15, 0.2) is 0 Å². The summed E-state index contributed by atoms with van der Waals surface area (Å²) in [6.45, 7) is 11.6. The highest BCUT2D eigenvalue weighted by molar-refractivity contribution is 5.86. The number of nitrogens with one attached hydrogen (secondary N) is 1. The fraction of sp³-hybridized carbons (Fsp3) is 0.645. The predicted octanol–water partition coefficient (Wildman–Crippen LogP) is 4.74. The normalized spacial score (nSPS) is 26.7. The molecule has 0 aromatic heterocycles. The van der Waals surface area contributed by atoms with Gasteiger partial charge in [-0.25, -0.2) is 9.18 Å². The molecule has 3 saturated heterocycles. The Kier molecular flexibility index (Phi) is 8.10. The second kappa shape index (κ2) is 11.4. The molecule has 8 nitrogen and oxygen atoms in total. The Morgan fingerprint density at radius 3 is 2.52 bits per heavy atom. The third-order valence-corrected chi connectivity index (χ3v) is 8.95. The third-order valence-electron chi connectivity index (χ3n) is 8.95. The number of halogens is 1. The highest BCUT2D eigenvalue weighted by Crippen LogP contribution is 2.46. The number of rotatable bonds is 8. The summed E-state index contributed by atoms with van der Waals surface area (Å²) in [7, 11) is 0. The van der Waals surface area contributed by atoms with E-state index >= 15 is 0 Å². The minimum Gasteiger partial charge on any atom is -0.444 e. The highest BCUT2D eigenvalue weighted by atomic mass is 19.1. The van der Waals surface area contributed by atoms with Crippen LogP contribution >= 0.6 is 0 Å². The standard InChI is InChI=1S/C31H42FN5O3/c1-20(36-15-7-10-24(36)17-33)26(34-30(39)40-31(2,3)4)19-35-18-25-16-27(35)29(38)37(25)28(21-8-5-6-9-21)22-11-13-23(32)14-12-22/h11-14,21,24-28H,1,5-10,15-16,18-19H2,2-4H3,(H,34,39)/t24?,25?,26-,27-,28-/m0/s1. The van der Waals surface area contributed by atoms with Crippen LogP contribution in [0.2, 0.25) is 0 Å². The lowest BCUT2D eigenvalue weighted by atomic mass is 9.89. The van der Waals surface area contributed by atoms with Crippen molar-refractivity contribution in [1.29, 1.82) is 5.26 Å². The van der Waals surface area contributed by atoms with Crippen LogP contribution in [-0.4, -0.2) is 76.1 Å². The summed E-state index contributed by atoms with van der Waals surface area (Å²) in [5.41, 5.74) is 1.03. The molecule has 5 atom stereocenters. The second-order valence-electron chi connectivity index (χ2n) is 12.8. The van der Waals surface area contributed by atoms with Crippen molar-refractivity contribution in [3.8, 4) is 6.07 Å². The van der Waals surface area contributed by atoms with Crippen molar-refractivity contribution in [2.45, 2.75) is 102 Å². The van der Waals surface area contributed by atoms with Crippen LogP contribution in [0.5, 0.6) is 0 Å². The number of nitrogens with zero attached hydrogens (tertiary/aromatic N) is 4. The van der Waals surface area contributed by atoms with Gasteiger partial charge in [-0.15, -0.1) is 0 Å². The van der Waals surface area contributed by atoms with Crippen LogP contribution in [0.15, 0.2) is 36.5 Å². The van der Waals surface area contributed by atoms with E-state index in [-0.39, 0.29) is 35.9 Å². The number of fused-ring (bicyclic) bond motifs is 2. The molecule has 3 aliphatic heterocycles. The van der Waals surface area contributed by atoms with Crippen molar-refractivity contribution in [1.82, 2.24) is 20.0 Å². The number of carbonyl (C=O) groups excluding carboxylic acids is 2. The molecule has 1 N–H and O–H groups in total. The van der Waals surface area contributed by atoms with Crippen LogP contribution in [-0.2, 0) is 9.53 Å². The van der Waals surface area contributed by atoms with E-state index in [1.165, 1.54) is 12.1 Å². The molecule has 2 bridgehead atoms. The van der Waals surface area contributed by atoms with Gasteiger partial charge in [0.1, 0.15) is 17.5 Å². The lowest BCUT2D eigenvalue weighted by molar-refractivity contribution is -0.140. The maximum absolute atomic E-state index is 14.0. The average molecular weight is 552 g/mol. The number of carbonyl (C=O) groups is 2. The van der Waals surface area contributed by atoms with Gasteiger partial charge in [0.05, 0.1) is 24.2 Å². The average Bonchev–Trinajstić information content (AvgIpc) is 3.69. The van der Waals surface area contributed by atoms with Gasteiger partial charge in [-0.05, 0) is 76.5 Å². The van der Waals surface area contributed by atoms with E-state index in [1.54, 1.807) is 0 Å². The van der Waals surface area contributed by atoms with Crippen LogP contribution in [0.3, 0.4) is 0 Å². The Balaban J connectivity index is 1.34. The van der Waals surface area contributed by atoms with E-state index in [0.29, 0.717) is 31.2 Å². The van der Waals surface area contributed by atoms with Gasteiger partial charge in [0.25, 0.3) is 0 Å². The highest BCUT2D eigenvalue weighted by Gasteiger charge is 2.53. The van der Waals surface area contributed by atoms with E-state index in [2.05, 4.69) is 27.8 Å². The summed E-state index contributed by atoms with van der Waals surface area (Å²) in [4.78, 5) is 33.0. The lowest BCUT2D eigenvalue weighted by Gasteiger charge is -2.42. The number of benzene rings is 1. The Labute approximate surface area is 237 Å². The summed E-state index contributed by atoms with van der Waals surface area (Å²) in [6.07, 6.45) is 6.32. The van der Waals surface area contributed by atoms with Gasteiger partial charge in [-0.1, -0.05) is 31.6 Å². The molecule has 216 valence electrons. The molecule has 3 heterocycles. The largest absolute Gasteiger partial charge is 0.444 e. The Morgan fingerprint density at radius 2 is 1.90 bits per heavy atom. The van der Waals surface area contributed by atoms with Crippen LogP contribution in [0.1, 0.15) is 77.3 Å². The number of hydrogen-bond donors (Lipinski definition) is 1. The second-order valence-corrected chi connectivity index (χ2v) is 12.8. The summed E-state index contributed by atoms with van der Waals surface area (Å²) in [5, 5.41) is 12.7. The molecule has 5 rings (SSSR count). The minimum atomic E-state index is -0.655. The number of hydrogen-bond acceptors (Lipinski definition) is 6. The Morgan fingerprint density at radius 1 is 1.20 bits per heavy atom. The summed E-state index contributed by atoms with van der Waals surface area (Å²) < 4.78 is 19.3. The van der Waals surface area contributed by atoms with E-state index in [1.807, 2.05) is 37.8 Å². The summed E-state index contributed by atoms with van der Waals surface area (Å²) >= 11 is 0. The molecule has 40 heavy (non-hydrogen) atoms. The first kappa shape index (κ1) is 28.4. The zero-order valence-corrected chi connectivity index (χ0v) is 23.9. The third kappa shape index (κ3) is 5.83. The Hall–Kier alpha value is -3.12. The van der Waals surface area contributed by atoms with Crippen molar-refractivity contribution in [2.24, 2.45) is 5.92 Å². The predicted molar refractivity (Wildman–Crippen MR) is 149 cm³/mol. The van der Waals surface area contributed by atoms with E-state index in [9.17, 15) is 19.2 Å². The number of nitriles is 1. The van der Waals surface area contributed by atoms with Gasteiger partial charge in [0, 0.05) is 31.4 Å². The lowest BCUT2D eigenvalue weighted by Crippen LogP contribution is -2.57. The molecule has 1 aromatic carbocycles. The maximum Gasteiger partial charge on any atom is 0.408 e. The van der Waals surface area contributed by atoms with E-state index in [4.69, 9.17) is 4.74 Å².